The van der Waals surface area contributed by atoms with Crippen molar-refractivity contribution in [3.8, 4) is 0 Å². The first kappa shape index (κ1) is 13.6. The van der Waals surface area contributed by atoms with Gasteiger partial charge in [0.05, 0.1) is 6.10 Å². The van der Waals surface area contributed by atoms with Crippen molar-refractivity contribution in [2.24, 2.45) is 11.3 Å². The number of ether oxygens (including phenoxy) is 1. The van der Waals surface area contributed by atoms with Crippen molar-refractivity contribution in [3.05, 3.63) is 22.4 Å². The maximum absolute atomic E-state index is 5.86. The number of fused-ring (bicyclic) bond motifs is 1. The Morgan fingerprint density at radius 1 is 1.47 bits per heavy atom. The van der Waals surface area contributed by atoms with E-state index in [0.717, 1.165) is 19.1 Å². The molecule has 2 aliphatic rings. The largest absolute Gasteiger partial charge is 0.377 e. The van der Waals surface area contributed by atoms with Gasteiger partial charge in [0.15, 0.2) is 0 Å². The average molecular weight is 279 g/mol. The molecule has 1 aromatic heterocycles. The quantitative estimate of drug-likeness (QED) is 0.912. The molecule has 2 fully saturated rings. The lowest BCUT2D eigenvalue weighted by Gasteiger charge is -2.55. The molecule has 3 heteroatoms. The molecular formula is C16H25NOS. The van der Waals surface area contributed by atoms with E-state index in [1.807, 2.05) is 11.3 Å². The van der Waals surface area contributed by atoms with Crippen LogP contribution < -0.4 is 5.32 Å². The Morgan fingerprint density at radius 2 is 2.26 bits per heavy atom. The molecule has 1 aliphatic carbocycles. The summed E-state index contributed by atoms with van der Waals surface area (Å²) in [6, 6.07) is 5.01. The molecule has 0 bridgehead atoms. The van der Waals surface area contributed by atoms with Gasteiger partial charge in [0, 0.05) is 40.8 Å². The second-order valence-electron chi connectivity index (χ2n) is 7.29. The van der Waals surface area contributed by atoms with E-state index in [-0.39, 0.29) is 10.8 Å². The van der Waals surface area contributed by atoms with Crippen molar-refractivity contribution in [2.75, 3.05) is 13.2 Å². The van der Waals surface area contributed by atoms with Crippen molar-refractivity contribution in [1.82, 2.24) is 5.32 Å². The highest BCUT2D eigenvalue weighted by atomic mass is 32.1. The average Bonchev–Trinajstić information content (AvgIpc) is 2.98. The number of nitrogens with one attached hydrogen (secondary N) is 1. The summed E-state index contributed by atoms with van der Waals surface area (Å²) in [6.07, 6.45) is 1.71. The predicted octanol–water partition coefficient (Wildman–Crippen LogP) is 3.43. The van der Waals surface area contributed by atoms with Crippen LogP contribution >= 0.6 is 11.3 Å². The van der Waals surface area contributed by atoms with E-state index in [4.69, 9.17) is 4.74 Å². The van der Waals surface area contributed by atoms with Crippen molar-refractivity contribution in [2.45, 2.75) is 51.7 Å². The Morgan fingerprint density at radius 3 is 2.95 bits per heavy atom. The van der Waals surface area contributed by atoms with Crippen molar-refractivity contribution in [1.29, 1.82) is 0 Å². The molecule has 0 aromatic carbocycles. The third-order valence-corrected chi connectivity index (χ3v) is 6.29. The molecule has 2 heterocycles. The predicted molar refractivity (Wildman–Crippen MR) is 80.8 cm³/mol. The van der Waals surface area contributed by atoms with Crippen LogP contribution in [0.5, 0.6) is 0 Å². The lowest BCUT2D eigenvalue weighted by molar-refractivity contribution is -0.113. The number of rotatable bonds is 4. The molecule has 3 unspecified atom stereocenters. The van der Waals surface area contributed by atoms with Gasteiger partial charge in [-0.05, 0) is 17.9 Å². The summed E-state index contributed by atoms with van der Waals surface area (Å²) in [4.78, 5) is 1.47. The standard InChI is InChI=1S/C16H25NOS/c1-15(2,12-6-5-9-19-12)10-17-13-11-7-8-18-14(11)16(13,3)4/h5-6,9,11,13-14,17H,7-8,10H2,1-4H3. The number of hydrogen-bond donors (Lipinski definition) is 1. The minimum absolute atomic E-state index is 0.217. The highest BCUT2D eigenvalue weighted by molar-refractivity contribution is 7.10. The minimum Gasteiger partial charge on any atom is -0.377 e. The van der Waals surface area contributed by atoms with Crippen LogP contribution in [0.25, 0.3) is 0 Å². The SMILES string of the molecule is CC(C)(CNC1C2CCOC2C1(C)C)c1cccs1. The van der Waals surface area contributed by atoms with Gasteiger partial charge < -0.3 is 10.1 Å². The first-order valence-electron chi connectivity index (χ1n) is 7.32. The zero-order chi connectivity index (χ0) is 13.7. The maximum Gasteiger partial charge on any atom is 0.0685 e. The molecule has 1 aliphatic heterocycles. The first-order valence-corrected chi connectivity index (χ1v) is 8.20. The summed E-state index contributed by atoms with van der Waals surface area (Å²) in [5.74, 6) is 0.731. The zero-order valence-electron chi connectivity index (χ0n) is 12.4. The Labute approximate surface area is 120 Å². The fourth-order valence-corrected chi connectivity index (χ4v) is 4.71. The maximum atomic E-state index is 5.86. The van der Waals surface area contributed by atoms with Gasteiger partial charge in [0.1, 0.15) is 0 Å². The fourth-order valence-electron chi connectivity index (χ4n) is 3.85. The Hall–Kier alpha value is -0.380. The minimum atomic E-state index is 0.217. The second-order valence-corrected chi connectivity index (χ2v) is 8.23. The lowest BCUT2D eigenvalue weighted by atomic mass is 9.57. The van der Waals surface area contributed by atoms with E-state index in [2.05, 4.69) is 50.5 Å². The molecule has 1 aromatic rings. The lowest BCUT2D eigenvalue weighted by Crippen LogP contribution is -2.66. The Balaban J connectivity index is 1.64. The molecular weight excluding hydrogens is 254 g/mol. The van der Waals surface area contributed by atoms with E-state index in [9.17, 15) is 0 Å². The van der Waals surface area contributed by atoms with Crippen LogP contribution in [0.2, 0.25) is 0 Å². The van der Waals surface area contributed by atoms with Gasteiger partial charge in [0.2, 0.25) is 0 Å². The summed E-state index contributed by atoms with van der Waals surface area (Å²) < 4.78 is 5.86. The summed E-state index contributed by atoms with van der Waals surface area (Å²) in [5.41, 5.74) is 0.501. The highest BCUT2D eigenvalue weighted by Gasteiger charge is 2.59. The van der Waals surface area contributed by atoms with Crippen LogP contribution in [0.1, 0.15) is 39.0 Å². The zero-order valence-corrected chi connectivity index (χ0v) is 13.2. The second kappa shape index (κ2) is 4.57. The normalized spacial score (nSPS) is 32.9. The molecule has 1 saturated heterocycles. The Bertz CT molecular complexity index is 438. The molecule has 1 saturated carbocycles. The van der Waals surface area contributed by atoms with E-state index in [1.165, 1.54) is 11.3 Å². The Kier molecular flexibility index (Phi) is 3.27. The van der Waals surface area contributed by atoms with Crippen LogP contribution in [-0.2, 0) is 10.2 Å². The van der Waals surface area contributed by atoms with Gasteiger partial charge >= 0.3 is 0 Å². The van der Waals surface area contributed by atoms with E-state index in [1.54, 1.807) is 0 Å². The monoisotopic (exact) mass is 279 g/mol. The summed E-state index contributed by atoms with van der Waals surface area (Å²) >= 11 is 1.86. The summed E-state index contributed by atoms with van der Waals surface area (Å²) in [6.45, 7) is 11.3. The van der Waals surface area contributed by atoms with Gasteiger partial charge in [-0.1, -0.05) is 33.8 Å². The van der Waals surface area contributed by atoms with Gasteiger partial charge in [-0.25, -0.2) is 0 Å². The third kappa shape index (κ3) is 2.16. The molecule has 3 atom stereocenters. The van der Waals surface area contributed by atoms with Crippen molar-refractivity contribution >= 4 is 11.3 Å². The van der Waals surface area contributed by atoms with Crippen LogP contribution in [0.3, 0.4) is 0 Å². The molecule has 0 radical (unpaired) electrons. The third-order valence-electron chi connectivity index (χ3n) is 5.05. The first-order chi connectivity index (χ1) is 8.93. The molecule has 106 valence electrons. The van der Waals surface area contributed by atoms with Gasteiger partial charge in [0.25, 0.3) is 0 Å². The highest BCUT2D eigenvalue weighted by Crippen LogP contribution is 2.52. The molecule has 3 rings (SSSR count). The fraction of sp³-hybridized carbons (Fsp3) is 0.750. The van der Waals surface area contributed by atoms with E-state index < -0.39 is 0 Å². The molecule has 0 amide bonds. The van der Waals surface area contributed by atoms with Gasteiger partial charge in [-0.2, -0.15) is 0 Å². The van der Waals surface area contributed by atoms with Crippen LogP contribution in [0, 0.1) is 11.3 Å². The van der Waals surface area contributed by atoms with Gasteiger partial charge in [-0.15, -0.1) is 11.3 Å². The number of hydrogen-bond acceptors (Lipinski definition) is 3. The van der Waals surface area contributed by atoms with E-state index >= 15 is 0 Å². The molecule has 1 N–H and O–H groups in total. The molecule has 19 heavy (non-hydrogen) atoms. The van der Waals surface area contributed by atoms with Crippen LogP contribution in [0.4, 0.5) is 0 Å². The summed E-state index contributed by atoms with van der Waals surface area (Å²) in [7, 11) is 0. The van der Waals surface area contributed by atoms with Gasteiger partial charge in [-0.3, -0.25) is 0 Å². The smallest absolute Gasteiger partial charge is 0.0685 e. The van der Waals surface area contributed by atoms with Crippen molar-refractivity contribution < 1.29 is 4.74 Å². The summed E-state index contributed by atoms with van der Waals surface area (Å²) in [5, 5.41) is 6.01. The van der Waals surface area contributed by atoms with Crippen LogP contribution in [0.15, 0.2) is 17.5 Å². The van der Waals surface area contributed by atoms with E-state index in [0.29, 0.717) is 12.1 Å². The molecule has 2 nitrogen and oxygen atoms in total. The van der Waals surface area contributed by atoms with Crippen LogP contribution in [-0.4, -0.2) is 25.3 Å². The number of thiophene rings is 1. The topological polar surface area (TPSA) is 21.3 Å². The molecule has 0 spiro atoms. The van der Waals surface area contributed by atoms with Crippen molar-refractivity contribution in [3.63, 3.8) is 0 Å².